The number of hydrogen-bond acceptors (Lipinski definition) is 4. The van der Waals surface area contributed by atoms with Crippen molar-refractivity contribution in [3.8, 4) is 11.1 Å². The van der Waals surface area contributed by atoms with Gasteiger partial charge in [0.1, 0.15) is 0 Å². The SMILES string of the molecule is COC(=O)C12CC3CC(C1)C(NC(=O)C(C)(C)c1ccc(-c4cn[nH]c4)cc1)C(C3)C2. The van der Waals surface area contributed by atoms with Crippen LogP contribution in [0.1, 0.15) is 51.5 Å². The predicted octanol–water partition coefficient (Wildman–Crippen LogP) is 3.84. The Labute approximate surface area is 183 Å². The first-order valence-electron chi connectivity index (χ1n) is 11.3. The maximum Gasteiger partial charge on any atom is 0.311 e. The molecule has 1 amide bonds. The number of carbonyl (C=O) groups is 2. The molecule has 2 atom stereocenters. The lowest BCUT2D eigenvalue weighted by molar-refractivity contribution is -0.171. The summed E-state index contributed by atoms with van der Waals surface area (Å²) in [4.78, 5) is 26.0. The molecule has 0 saturated heterocycles. The molecule has 1 aromatic carbocycles. The van der Waals surface area contributed by atoms with E-state index in [1.807, 2.05) is 44.3 Å². The summed E-state index contributed by atoms with van der Waals surface area (Å²) >= 11 is 0. The molecule has 2 aromatic rings. The molecule has 0 aliphatic heterocycles. The van der Waals surface area contributed by atoms with Gasteiger partial charge in [0.25, 0.3) is 0 Å². The van der Waals surface area contributed by atoms with Gasteiger partial charge in [-0.1, -0.05) is 24.3 Å². The highest BCUT2D eigenvalue weighted by Crippen LogP contribution is 2.60. The zero-order valence-corrected chi connectivity index (χ0v) is 18.5. The maximum absolute atomic E-state index is 13.4. The molecule has 2 N–H and O–H groups in total. The quantitative estimate of drug-likeness (QED) is 0.719. The van der Waals surface area contributed by atoms with Crippen LogP contribution in [0.3, 0.4) is 0 Å². The summed E-state index contributed by atoms with van der Waals surface area (Å²) in [6, 6.07) is 8.30. The average molecular weight is 422 g/mol. The highest BCUT2D eigenvalue weighted by Gasteiger charge is 2.59. The molecule has 4 fully saturated rings. The Balaban J connectivity index is 1.31. The highest BCUT2D eigenvalue weighted by atomic mass is 16.5. The Morgan fingerprint density at radius 2 is 1.77 bits per heavy atom. The van der Waals surface area contributed by atoms with Crippen LogP contribution in [0.15, 0.2) is 36.7 Å². The van der Waals surface area contributed by atoms with Gasteiger partial charge in [-0.25, -0.2) is 0 Å². The number of aromatic amines is 1. The number of nitrogens with zero attached hydrogens (tertiary/aromatic N) is 1. The minimum atomic E-state index is -0.635. The molecule has 164 valence electrons. The normalized spacial score (nSPS) is 31.5. The standard InChI is InChI=1S/C25H31N3O3/c1-24(2,20-6-4-16(5-7-20)19-13-26-27-14-19)22(29)28-21-17-8-15-9-18(21)12-25(10-15,11-17)23(30)31-3/h4-7,13-15,17-18,21H,8-12H2,1-3H3,(H,26,27)(H,28,29). The predicted molar refractivity (Wildman–Crippen MR) is 117 cm³/mol. The molecule has 6 rings (SSSR count). The van der Waals surface area contributed by atoms with Crippen molar-refractivity contribution in [1.82, 2.24) is 15.5 Å². The Hall–Kier alpha value is -2.63. The number of methoxy groups -OCH3 is 1. The summed E-state index contributed by atoms with van der Waals surface area (Å²) in [5, 5.41) is 10.2. The Morgan fingerprint density at radius 1 is 1.10 bits per heavy atom. The van der Waals surface area contributed by atoms with Crippen LogP contribution in [0.2, 0.25) is 0 Å². The smallest absolute Gasteiger partial charge is 0.311 e. The van der Waals surface area contributed by atoms with E-state index in [1.54, 1.807) is 6.20 Å². The van der Waals surface area contributed by atoms with Crippen LogP contribution in [0.4, 0.5) is 0 Å². The minimum Gasteiger partial charge on any atom is -0.469 e. The lowest BCUT2D eigenvalue weighted by atomic mass is 9.48. The molecule has 2 unspecified atom stereocenters. The lowest BCUT2D eigenvalue weighted by Crippen LogP contribution is -2.62. The van der Waals surface area contributed by atoms with Gasteiger partial charge in [0.15, 0.2) is 0 Å². The van der Waals surface area contributed by atoms with E-state index >= 15 is 0 Å². The van der Waals surface area contributed by atoms with E-state index in [1.165, 1.54) is 7.11 Å². The van der Waals surface area contributed by atoms with E-state index < -0.39 is 5.41 Å². The third kappa shape index (κ3) is 3.27. The van der Waals surface area contributed by atoms with Crippen LogP contribution in [0.25, 0.3) is 11.1 Å². The van der Waals surface area contributed by atoms with Crippen molar-refractivity contribution in [2.24, 2.45) is 23.2 Å². The first kappa shape index (κ1) is 20.3. The van der Waals surface area contributed by atoms with E-state index in [9.17, 15) is 9.59 Å². The van der Waals surface area contributed by atoms with E-state index in [-0.39, 0.29) is 23.3 Å². The summed E-state index contributed by atoms with van der Waals surface area (Å²) in [6.45, 7) is 3.97. The van der Waals surface area contributed by atoms with Gasteiger partial charge in [0, 0.05) is 17.8 Å². The molecule has 0 radical (unpaired) electrons. The molecule has 6 nitrogen and oxygen atoms in total. The summed E-state index contributed by atoms with van der Waals surface area (Å²) in [7, 11) is 1.50. The van der Waals surface area contributed by atoms with E-state index in [0.717, 1.165) is 48.8 Å². The zero-order valence-electron chi connectivity index (χ0n) is 18.5. The first-order valence-corrected chi connectivity index (χ1v) is 11.3. The fraction of sp³-hybridized carbons (Fsp3) is 0.560. The first-order chi connectivity index (χ1) is 14.8. The second kappa shape index (κ2) is 7.21. The second-order valence-corrected chi connectivity index (χ2v) is 10.4. The average Bonchev–Trinajstić information content (AvgIpc) is 3.30. The fourth-order valence-electron chi connectivity index (χ4n) is 6.68. The fourth-order valence-corrected chi connectivity index (χ4v) is 6.68. The van der Waals surface area contributed by atoms with Crippen LogP contribution in [0, 0.1) is 23.2 Å². The topological polar surface area (TPSA) is 84.1 Å². The molecule has 6 heteroatoms. The third-order valence-electron chi connectivity index (χ3n) is 8.20. The summed E-state index contributed by atoms with van der Waals surface area (Å²) in [5.74, 6) is 1.35. The van der Waals surface area contributed by atoms with E-state index in [4.69, 9.17) is 4.74 Å². The number of ether oxygens (including phenoxy) is 1. The van der Waals surface area contributed by atoms with Crippen LogP contribution in [-0.2, 0) is 19.7 Å². The number of carbonyl (C=O) groups excluding carboxylic acids is 2. The van der Waals surface area contributed by atoms with E-state index in [2.05, 4.69) is 15.5 Å². The number of esters is 1. The number of hydrogen-bond donors (Lipinski definition) is 2. The summed E-state index contributed by atoms with van der Waals surface area (Å²) in [6.07, 6.45) is 8.53. The van der Waals surface area contributed by atoms with Crippen LogP contribution in [-0.4, -0.2) is 35.2 Å². The van der Waals surface area contributed by atoms with Crippen molar-refractivity contribution in [3.63, 3.8) is 0 Å². The number of H-pyrrole nitrogens is 1. The molecule has 4 aliphatic rings. The van der Waals surface area contributed by atoms with Gasteiger partial charge in [0.2, 0.25) is 5.91 Å². The number of amides is 1. The van der Waals surface area contributed by atoms with Crippen LogP contribution < -0.4 is 5.32 Å². The Morgan fingerprint density at radius 3 is 2.35 bits per heavy atom. The van der Waals surface area contributed by atoms with Crippen LogP contribution >= 0.6 is 0 Å². The molecule has 1 heterocycles. The van der Waals surface area contributed by atoms with Crippen molar-refractivity contribution >= 4 is 11.9 Å². The molecule has 4 saturated carbocycles. The number of benzene rings is 1. The third-order valence-corrected chi connectivity index (χ3v) is 8.20. The second-order valence-electron chi connectivity index (χ2n) is 10.4. The molecule has 0 spiro atoms. The molecule has 31 heavy (non-hydrogen) atoms. The van der Waals surface area contributed by atoms with Gasteiger partial charge >= 0.3 is 5.97 Å². The monoisotopic (exact) mass is 421 g/mol. The van der Waals surface area contributed by atoms with E-state index in [0.29, 0.717) is 17.8 Å². The van der Waals surface area contributed by atoms with Gasteiger partial charge in [0.05, 0.1) is 24.1 Å². The zero-order chi connectivity index (χ0) is 21.8. The highest BCUT2D eigenvalue weighted by molar-refractivity contribution is 5.88. The van der Waals surface area contributed by atoms with Crippen molar-refractivity contribution in [2.75, 3.05) is 7.11 Å². The van der Waals surface area contributed by atoms with Crippen molar-refractivity contribution < 1.29 is 14.3 Å². The van der Waals surface area contributed by atoms with Crippen molar-refractivity contribution in [1.29, 1.82) is 0 Å². The van der Waals surface area contributed by atoms with Gasteiger partial charge in [-0.3, -0.25) is 14.7 Å². The van der Waals surface area contributed by atoms with Gasteiger partial charge < -0.3 is 10.1 Å². The van der Waals surface area contributed by atoms with Gasteiger partial charge in [-0.05, 0) is 74.8 Å². The largest absolute Gasteiger partial charge is 0.469 e. The summed E-state index contributed by atoms with van der Waals surface area (Å²) < 4.78 is 5.17. The number of rotatable bonds is 5. The lowest BCUT2D eigenvalue weighted by Gasteiger charge is -2.58. The Bertz CT molecular complexity index is 964. The van der Waals surface area contributed by atoms with Crippen molar-refractivity contribution in [3.05, 3.63) is 42.2 Å². The van der Waals surface area contributed by atoms with Gasteiger partial charge in [-0.2, -0.15) is 5.10 Å². The Kier molecular flexibility index (Phi) is 4.72. The summed E-state index contributed by atoms with van der Waals surface area (Å²) in [5.41, 5.74) is 2.14. The molecule has 1 aromatic heterocycles. The minimum absolute atomic E-state index is 0.0466. The molecule has 4 bridgehead atoms. The van der Waals surface area contributed by atoms with Crippen molar-refractivity contribution in [2.45, 2.75) is 57.4 Å². The maximum atomic E-state index is 13.4. The van der Waals surface area contributed by atoms with Crippen LogP contribution in [0.5, 0.6) is 0 Å². The van der Waals surface area contributed by atoms with Gasteiger partial charge in [-0.15, -0.1) is 0 Å². The number of nitrogens with one attached hydrogen (secondary N) is 2. The molecular formula is C25H31N3O3. The molecular weight excluding hydrogens is 390 g/mol. The number of aromatic nitrogens is 2. The molecule has 4 aliphatic carbocycles.